The lowest BCUT2D eigenvalue weighted by atomic mass is 9.63. The Kier molecular flexibility index (Phi) is 4.96. The molecule has 0 bridgehead atoms. The van der Waals surface area contributed by atoms with Crippen molar-refractivity contribution in [2.75, 3.05) is 18.0 Å². The molecule has 2 fully saturated rings. The van der Waals surface area contributed by atoms with E-state index in [2.05, 4.69) is 57.3 Å². The van der Waals surface area contributed by atoms with Gasteiger partial charge >= 0.3 is 5.97 Å². The zero-order valence-electron chi connectivity index (χ0n) is 20.8. The van der Waals surface area contributed by atoms with Crippen LogP contribution in [0.1, 0.15) is 65.4 Å². The van der Waals surface area contributed by atoms with E-state index in [1.807, 2.05) is 18.2 Å². The second-order valence-corrected chi connectivity index (χ2v) is 10.8. The van der Waals surface area contributed by atoms with Crippen LogP contribution in [0, 0.1) is 12.3 Å². The standard InChI is InChI=1S/C30H28N4O3/c1-18-4-2-3-5-22(18)27-26(28(37-33-27)19-6-7-19)20-15-30(16-20)10-12-34(13-11-30)21-8-9-23-24(14-21)31-17-25(32-23)29(35)36/h2-5,8-9,14-15,17,19H,6-7,10-13,16H2,1H3,(H,35,36). The number of piperidine rings is 1. The smallest absolute Gasteiger partial charge is 0.356 e. The number of aromatic carboxylic acids is 1. The molecule has 2 aromatic carbocycles. The average Bonchev–Trinajstić information content (AvgIpc) is 3.65. The van der Waals surface area contributed by atoms with Crippen LogP contribution in [0.15, 0.2) is 59.3 Å². The lowest BCUT2D eigenvalue weighted by molar-refractivity contribution is 0.0690. The topological polar surface area (TPSA) is 92.4 Å². The number of nitrogens with zero attached hydrogens (tertiary/aromatic N) is 4. The van der Waals surface area contributed by atoms with Crippen molar-refractivity contribution in [2.45, 2.75) is 44.9 Å². The van der Waals surface area contributed by atoms with Gasteiger partial charge in [-0.2, -0.15) is 0 Å². The average molecular weight is 493 g/mol. The fourth-order valence-corrected chi connectivity index (χ4v) is 5.97. The molecule has 3 heterocycles. The van der Waals surface area contributed by atoms with Gasteiger partial charge < -0.3 is 14.5 Å². The van der Waals surface area contributed by atoms with Gasteiger partial charge in [0.25, 0.3) is 0 Å². The Balaban J connectivity index is 1.12. The van der Waals surface area contributed by atoms with E-state index in [-0.39, 0.29) is 11.1 Å². The Bertz CT molecular complexity index is 1580. The molecule has 2 aliphatic carbocycles. The van der Waals surface area contributed by atoms with Crippen LogP contribution in [0.4, 0.5) is 5.69 Å². The van der Waals surface area contributed by atoms with Crippen LogP contribution in [-0.2, 0) is 0 Å². The predicted molar refractivity (Wildman–Crippen MR) is 142 cm³/mol. The first-order valence-electron chi connectivity index (χ1n) is 13.0. The molecule has 4 aromatic rings. The van der Waals surface area contributed by atoms with Crippen LogP contribution in [0.5, 0.6) is 0 Å². The van der Waals surface area contributed by atoms with Gasteiger partial charge in [-0.3, -0.25) is 4.98 Å². The predicted octanol–water partition coefficient (Wildman–Crippen LogP) is 6.24. The molecule has 7 heteroatoms. The molecular formula is C30H28N4O3. The number of carboxylic acids is 1. The molecule has 7 nitrogen and oxygen atoms in total. The van der Waals surface area contributed by atoms with Crippen molar-refractivity contribution in [1.29, 1.82) is 0 Å². The first kappa shape index (κ1) is 22.2. The van der Waals surface area contributed by atoms with Gasteiger partial charge in [-0.15, -0.1) is 0 Å². The van der Waals surface area contributed by atoms with E-state index in [0.29, 0.717) is 11.4 Å². The summed E-state index contributed by atoms with van der Waals surface area (Å²) in [6.07, 6.45) is 9.48. The molecular weight excluding hydrogens is 464 g/mol. The lowest BCUT2D eigenvalue weighted by Gasteiger charge is -2.47. The first-order valence-corrected chi connectivity index (χ1v) is 13.0. The zero-order valence-corrected chi connectivity index (χ0v) is 20.8. The summed E-state index contributed by atoms with van der Waals surface area (Å²) < 4.78 is 5.95. The van der Waals surface area contributed by atoms with E-state index in [4.69, 9.17) is 9.63 Å². The number of fused-ring (bicyclic) bond motifs is 1. The number of aromatic nitrogens is 3. The van der Waals surface area contributed by atoms with Gasteiger partial charge in [0.2, 0.25) is 0 Å². The van der Waals surface area contributed by atoms with Gasteiger partial charge in [0.05, 0.1) is 17.2 Å². The van der Waals surface area contributed by atoms with Crippen molar-refractivity contribution in [3.63, 3.8) is 0 Å². The Morgan fingerprint density at radius 2 is 1.89 bits per heavy atom. The fourth-order valence-electron chi connectivity index (χ4n) is 5.97. The minimum absolute atomic E-state index is 0.0315. The van der Waals surface area contributed by atoms with Crippen molar-refractivity contribution >= 4 is 28.3 Å². The van der Waals surface area contributed by atoms with Crippen LogP contribution in [0.3, 0.4) is 0 Å². The summed E-state index contributed by atoms with van der Waals surface area (Å²) in [5.74, 6) is 0.538. The molecule has 2 aromatic heterocycles. The van der Waals surface area contributed by atoms with Gasteiger partial charge in [0.1, 0.15) is 11.5 Å². The molecule has 0 atom stereocenters. The molecule has 1 saturated carbocycles. The highest BCUT2D eigenvalue weighted by atomic mass is 16.5. The van der Waals surface area contributed by atoms with Crippen molar-refractivity contribution < 1.29 is 14.4 Å². The fraction of sp³-hybridized carbons (Fsp3) is 0.333. The quantitative estimate of drug-likeness (QED) is 0.352. The lowest BCUT2D eigenvalue weighted by Crippen LogP contribution is -2.42. The first-order chi connectivity index (χ1) is 18.0. The number of aryl methyl sites for hydroxylation is 1. The molecule has 0 radical (unpaired) electrons. The second kappa shape index (κ2) is 8.26. The molecule has 1 saturated heterocycles. The largest absolute Gasteiger partial charge is 0.476 e. The third-order valence-corrected chi connectivity index (χ3v) is 8.28. The van der Waals surface area contributed by atoms with E-state index in [0.717, 1.165) is 55.0 Å². The molecule has 0 unspecified atom stereocenters. The summed E-state index contributed by atoms with van der Waals surface area (Å²) in [5, 5.41) is 13.7. The van der Waals surface area contributed by atoms with Crippen molar-refractivity contribution in [2.24, 2.45) is 5.41 Å². The molecule has 1 spiro atoms. The SMILES string of the molecule is Cc1ccccc1-c1noc(C2CC2)c1C1=CC2(CCN(c3ccc4nc(C(=O)O)cnc4c3)CC2)C1. The van der Waals surface area contributed by atoms with E-state index >= 15 is 0 Å². The maximum absolute atomic E-state index is 11.2. The monoisotopic (exact) mass is 492 g/mol. The number of carbonyl (C=O) groups is 1. The summed E-state index contributed by atoms with van der Waals surface area (Å²) in [6.45, 7) is 4.08. The molecule has 7 rings (SSSR count). The van der Waals surface area contributed by atoms with Crippen LogP contribution in [0.25, 0.3) is 27.9 Å². The number of benzene rings is 2. The number of hydrogen-bond acceptors (Lipinski definition) is 6. The van der Waals surface area contributed by atoms with Crippen molar-refractivity contribution in [1.82, 2.24) is 15.1 Å². The van der Waals surface area contributed by atoms with Gasteiger partial charge in [0.15, 0.2) is 5.69 Å². The highest BCUT2D eigenvalue weighted by molar-refractivity contribution is 5.89. The number of allylic oxidation sites excluding steroid dienone is 2. The summed E-state index contributed by atoms with van der Waals surface area (Å²) in [7, 11) is 0. The minimum atomic E-state index is -1.06. The number of anilines is 1. The van der Waals surface area contributed by atoms with Crippen LogP contribution in [0.2, 0.25) is 0 Å². The van der Waals surface area contributed by atoms with Gasteiger partial charge in [-0.1, -0.05) is 35.5 Å². The minimum Gasteiger partial charge on any atom is -0.476 e. The highest BCUT2D eigenvalue weighted by Gasteiger charge is 2.43. The Morgan fingerprint density at radius 3 is 2.62 bits per heavy atom. The van der Waals surface area contributed by atoms with Crippen LogP contribution in [-0.4, -0.2) is 39.3 Å². The van der Waals surface area contributed by atoms with E-state index < -0.39 is 5.97 Å². The maximum Gasteiger partial charge on any atom is 0.356 e. The number of hydrogen-bond donors (Lipinski definition) is 1. The van der Waals surface area contributed by atoms with Crippen LogP contribution < -0.4 is 4.90 Å². The zero-order chi connectivity index (χ0) is 25.1. The highest BCUT2D eigenvalue weighted by Crippen LogP contribution is 2.55. The third-order valence-electron chi connectivity index (χ3n) is 8.28. The summed E-state index contributed by atoms with van der Waals surface area (Å²) >= 11 is 0. The van der Waals surface area contributed by atoms with E-state index in [1.54, 1.807) is 0 Å². The normalized spacial score (nSPS) is 18.6. The Labute approximate surface area is 214 Å². The summed E-state index contributed by atoms with van der Waals surface area (Å²) in [5.41, 5.74) is 8.67. The van der Waals surface area contributed by atoms with Crippen molar-refractivity contribution in [3.05, 3.63) is 77.3 Å². The Hall–Kier alpha value is -4.00. The molecule has 1 aliphatic heterocycles. The number of carboxylic acid groups (broad SMARTS) is 1. The third kappa shape index (κ3) is 3.80. The Morgan fingerprint density at radius 1 is 1.11 bits per heavy atom. The molecule has 186 valence electrons. The van der Waals surface area contributed by atoms with Gasteiger partial charge in [-0.05, 0) is 73.8 Å². The van der Waals surface area contributed by atoms with Crippen LogP contribution >= 0.6 is 0 Å². The molecule has 3 aliphatic rings. The maximum atomic E-state index is 11.2. The molecule has 1 N–H and O–H groups in total. The summed E-state index contributed by atoms with van der Waals surface area (Å²) in [4.78, 5) is 22.1. The summed E-state index contributed by atoms with van der Waals surface area (Å²) in [6, 6.07) is 14.3. The van der Waals surface area contributed by atoms with Crippen molar-refractivity contribution in [3.8, 4) is 11.3 Å². The van der Waals surface area contributed by atoms with Gasteiger partial charge in [0, 0.05) is 35.8 Å². The molecule has 0 amide bonds. The number of rotatable bonds is 5. The molecule has 37 heavy (non-hydrogen) atoms. The van der Waals surface area contributed by atoms with E-state index in [1.165, 1.54) is 41.3 Å². The second-order valence-electron chi connectivity index (χ2n) is 10.8. The van der Waals surface area contributed by atoms with Gasteiger partial charge in [-0.25, -0.2) is 9.78 Å². The van der Waals surface area contributed by atoms with E-state index in [9.17, 15) is 4.79 Å².